The monoisotopic (exact) mass is 497 g/mol. The number of likely N-dealkylation sites (tertiary alicyclic amines) is 1. The summed E-state index contributed by atoms with van der Waals surface area (Å²) >= 11 is 6.07. The molecule has 0 radical (unpaired) electrons. The molecule has 3 aromatic rings. The Balaban J connectivity index is 1.30. The van der Waals surface area contributed by atoms with E-state index in [-0.39, 0.29) is 16.7 Å². The van der Waals surface area contributed by atoms with Gasteiger partial charge in [0.05, 0.1) is 10.6 Å². The molecule has 0 spiro atoms. The van der Waals surface area contributed by atoms with Crippen LogP contribution in [0.25, 0.3) is 0 Å². The molecule has 178 valence electrons. The van der Waals surface area contributed by atoms with Crippen molar-refractivity contribution in [3.63, 3.8) is 0 Å². The van der Waals surface area contributed by atoms with Crippen molar-refractivity contribution in [1.29, 1.82) is 0 Å². The predicted octanol–water partition coefficient (Wildman–Crippen LogP) is 5.30. The maximum Gasteiger partial charge on any atom is 0.261 e. The van der Waals surface area contributed by atoms with Crippen LogP contribution in [-0.2, 0) is 21.4 Å². The molecule has 34 heavy (non-hydrogen) atoms. The van der Waals surface area contributed by atoms with E-state index >= 15 is 0 Å². The zero-order chi connectivity index (χ0) is 24.1. The van der Waals surface area contributed by atoms with E-state index in [0.29, 0.717) is 11.4 Å². The number of para-hydroxylation sites is 1. The number of benzene rings is 3. The minimum atomic E-state index is -3.71. The average Bonchev–Trinajstić information content (AvgIpc) is 2.81. The molecule has 8 heteroatoms. The summed E-state index contributed by atoms with van der Waals surface area (Å²) in [6.07, 6.45) is 1.55. The maximum absolute atomic E-state index is 12.8. The van der Waals surface area contributed by atoms with Crippen molar-refractivity contribution in [1.82, 2.24) is 4.90 Å². The second-order valence-electron chi connectivity index (χ2n) is 8.61. The molecule has 3 aromatic carbocycles. The lowest BCUT2D eigenvalue weighted by Crippen LogP contribution is -2.37. The minimum Gasteiger partial charge on any atom is -0.326 e. The van der Waals surface area contributed by atoms with Gasteiger partial charge in [0.15, 0.2) is 0 Å². The van der Waals surface area contributed by atoms with Gasteiger partial charge in [-0.1, -0.05) is 41.9 Å². The minimum absolute atomic E-state index is 0.0314. The van der Waals surface area contributed by atoms with Crippen LogP contribution in [0, 0.1) is 12.8 Å². The largest absolute Gasteiger partial charge is 0.326 e. The molecule has 0 aliphatic carbocycles. The molecule has 6 nitrogen and oxygen atoms in total. The third-order valence-corrected chi connectivity index (χ3v) is 7.69. The van der Waals surface area contributed by atoms with E-state index in [4.69, 9.17) is 11.6 Å². The van der Waals surface area contributed by atoms with Crippen LogP contribution in [0.1, 0.15) is 24.0 Å². The number of carbonyl (C=O) groups excluding carboxylic acids is 1. The number of hydrogen-bond acceptors (Lipinski definition) is 4. The van der Waals surface area contributed by atoms with Crippen LogP contribution >= 0.6 is 11.6 Å². The summed E-state index contributed by atoms with van der Waals surface area (Å²) in [5, 5.41) is 3.66. The van der Waals surface area contributed by atoms with Gasteiger partial charge in [-0.3, -0.25) is 14.4 Å². The molecule has 0 saturated carbocycles. The van der Waals surface area contributed by atoms with Gasteiger partial charge in [-0.15, -0.1) is 0 Å². The van der Waals surface area contributed by atoms with Gasteiger partial charge in [0.1, 0.15) is 0 Å². The standard InChI is InChI=1S/C26H28ClN3O3S/c1-19-5-2-3-8-25(19)29-34(32,33)24-11-9-23(10-12-24)28-26(31)21-13-15-30(16-14-21)18-20-6-4-7-22(27)17-20/h2-12,17,21,29H,13-16,18H2,1H3,(H,28,31). The molecular formula is C26H28ClN3O3S. The zero-order valence-electron chi connectivity index (χ0n) is 19.0. The summed E-state index contributed by atoms with van der Waals surface area (Å²) in [6, 6.07) is 21.3. The Kier molecular flexibility index (Phi) is 7.56. The lowest BCUT2D eigenvalue weighted by molar-refractivity contribution is -0.121. The molecular weight excluding hydrogens is 470 g/mol. The van der Waals surface area contributed by atoms with Gasteiger partial charge in [0.2, 0.25) is 5.91 Å². The Bertz CT molecular complexity index is 1250. The first-order valence-corrected chi connectivity index (χ1v) is 13.1. The lowest BCUT2D eigenvalue weighted by atomic mass is 9.95. The second-order valence-corrected chi connectivity index (χ2v) is 10.7. The number of nitrogens with zero attached hydrogens (tertiary/aromatic N) is 1. The van der Waals surface area contributed by atoms with Crippen LogP contribution in [-0.4, -0.2) is 32.3 Å². The molecule has 2 N–H and O–H groups in total. The van der Waals surface area contributed by atoms with Crippen LogP contribution in [0.15, 0.2) is 77.7 Å². The fourth-order valence-corrected chi connectivity index (χ4v) is 5.44. The highest BCUT2D eigenvalue weighted by molar-refractivity contribution is 7.92. The zero-order valence-corrected chi connectivity index (χ0v) is 20.6. The number of hydrogen-bond donors (Lipinski definition) is 2. The Hall–Kier alpha value is -2.87. The van der Waals surface area contributed by atoms with Crippen LogP contribution in [0.3, 0.4) is 0 Å². The molecule has 0 aromatic heterocycles. The number of carbonyl (C=O) groups is 1. The summed E-state index contributed by atoms with van der Waals surface area (Å²) in [7, 11) is -3.71. The van der Waals surface area contributed by atoms with Crippen molar-refractivity contribution in [2.75, 3.05) is 23.1 Å². The van der Waals surface area contributed by atoms with Crippen LogP contribution < -0.4 is 10.0 Å². The Labute approximate surface area is 206 Å². The summed E-state index contributed by atoms with van der Waals surface area (Å²) in [4.78, 5) is 15.2. The molecule has 1 aliphatic rings. The van der Waals surface area contributed by atoms with Crippen molar-refractivity contribution in [2.45, 2.75) is 31.2 Å². The van der Waals surface area contributed by atoms with Gasteiger partial charge in [-0.2, -0.15) is 0 Å². The van der Waals surface area contributed by atoms with E-state index in [1.165, 1.54) is 17.7 Å². The molecule has 4 rings (SSSR count). The first-order chi connectivity index (χ1) is 16.3. The number of amides is 1. The SMILES string of the molecule is Cc1ccccc1NS(=O)(=O)c1ccc(NC(=O)C2CCN(Cc3cccc(Cl)c3)CC2)cc1. The number of nitrogens with one attached hydrogen (secondary N) is 2. The van der Waals surface area contributed by atoms with Gasteiger partial charge in [0.25, 0.3) is 10.0 Å². The second kappa shape index (κ2) is 10.6. The highest BCUT2D eigenvalue weighted by atomic mass is 35.5. The third kappa shape index (κ3) is 6.17. The van der Waals surface area contributed by atoms with E-state index in [1.807, 2.05) is 37.3 Å². The molecule has 0 bridgehead atoms. The fraction of sp³-hybridized carbons (Fsp3) is 0.269. The third-order valence-electron chi connectivity index (χ3n) is 6.08. The van der Waals surface area contributed by atoms with Gasteiger partial charge in [-0.05, 0) is 86.4 Å². The smallest absolute Gasteiger partial charge is 0.261 e. The summed E-state index contributed by atoms with van der Waals surface area (Å²) in [5.41, 5.74) is 3.14. The first kappa shape index (κ1) is 24.3. The van der Waals surface area contributed by atoms with E-state index < -0.39 is 10.0 Å². The number of sulfonamides is 1. The molecule has 1 aliphatic heterocycles. The topological polar surface area (TPSA) is 78.5 Å². The molecule has 1 saturated heterocycles. The molecule has 1 amide bonds. The average molecular weight is 498 g/mol. The summed E-state index contributed by atoms with van der Waals surface area (Å²) in [5.74, 6) is -0.0993. The highest BCUT2D eigenvalue weighted by Gasteiger charge is 2.25. The predicted molar refractivity (Wildman–Crippen MR) is 137 cm³/mol. The van der Waals surface area contributed by atoms with Crippen molar-refractivity contribution in [3.8, 4) is 0 Å². The van der Waals surface area contributed by atoms with E-state index in [2.05, 4.69) is 21.0 Å². The van der Waals surface area contributed by atoms with Crippen LogP contribution in [0.4, 0.5) is 11.4 Å². The van der Waals surface area contributed by atoms with Crippen LogP contribution in [0.2, 0.25) is 5.02 Å². The van der Waals surface area contributed by atoms with E-state index in [0.717, 1.165) is 43.1 Å². The number of anilines is 2. The molecule has 1 heterocycles. The number of halogens is 1. The quantitative estimate of drug-likeness (QED) is 0.464. The number of rotatable bonds is 7. The van der Waals surface area contributed by atoms with Crippen LogP contribution in [0.5, 0.6) is 0 Å². The van der Waals surface area contributed by atoms with Gasteiger partial charge < -0.3 is 5.32 Å². The van der Waals surface area contributed by atoms with Crippen molar-refractivity contribution in [2.24, 2.45) is 5.92 Å². The molecule has 1 fully saturated rings. The van der Waals surface area contributed by atoms with Crippen molar-refractivity contribution < 1.29 is 13.2 Å². The fourth-order valence-electron chi connectivity index (χ4n) is 4.10. The van der Waals surface area contributed by atoms with Gasteiger partial charge in [0, 0.05) is 23.2 Å². The first-order valence-electron chi connectivity index (χ1n) is 11.3. The highest BCUT2D eigenvalue weighted by Crippen LogP contribution is 2.24. The molecule has 0 unspecified atom stereocenters. The normalized spacial score (nSPS) is 15.1. The summed E-state index contributed by atoms with van der Waals surface area (Å²) in [6.45, 7) is 4.35. The summed E-state index contributed by atoms with van der Waals surface area (Å²) < 4.78 is 28.0. The van der Waals surface area contributed by atoms with E-state index in [9.17, 15) is 13.2 Å². The Morgan fingerprint density at radius 1 is 1.00 bits per heavy atom. The molecule has 0 atom stereocenters. The number of aryl methyl sites for hydroxylation is 1. The maximum atomic E-state index is 12.8. The van der Waals surface area contributed by atoms with Gasteiger partial charge >= 0.3 is 0 Å². The van der Waals surface area contributed by atoms with Crippen molar-refractivity contribution >= 4 is 38.9 Å². The number of piperidine rings is 1. The lowest BCUT2D eigenvalue weighted by Gasteiger charge is -2.31. The van der Waals surface area contributed by atoms with E-state index in [1.54, 1.807) is 24.3 Å². The Morgan fingerprint density at radius 2 is 1.71 bits per heavy atom. The van der Waals surface area contributed by atoms with Crippen molar-refractivity contribution in [3.05, 3.63) is 88.9 Å². The Morgan fingerprint density at radius 3 is 2.38 bits per heavy atom. The van der Waals surface area contributed by atoms with Gasteiger partial charge in [-0.25, -0.2) is 8.42 Å².